The van der Waals surface area contributed by atoms with Crippen LogP contribution in [0.2, 0.25) is 0 Å². The zero-order valence-electron chi connectivity index (χ0n) is 13.4. The Morgan fingerprint density at radius 3 is 2.61 bits per heavy atom. The molecule has 2 aromatic rings. The number of halogens is 1. The molecule has 0 amide bonds. The molecule has 3 N–H and O–H groups in total. The molecule has 0 radical (unpaired) electrons. The molecule has 2 aromatic carbocycles. The first-order valence-electron chi connectivity index (χ1n) is 7.64. The molecule has 122 valence electrons. The maximum atomic E-state index is 5.91. The van der Waals surface area contributed by atoms with Crippen molar-refractivity contribution in [2.75, 3.05) is 26.5 Å². The van der Waals surface area contributed by atoms with E-state index in [9.17, 15) is 0 Å². The van der Waals surface area contributed by atoms with Crippen molar-refractivity contribution in [3.05, 3.63) is 50.6 Å². The highest BCUT2D eigenvalue weighted by atomic mass is 127. The standard InChI is InChI=1S/C18H21IN2O2/c1-22-17-9-12-5-6-21-16(13(12)10-18(17)23-2)8-11-3-4-15(20)14(19)7-11/h3-4,7,9-10,16,21H,5-6,8,20H2,1-2H3. The van der Waals surface area contributed by atoms with E-state index in [-0.39, 0.29) is 6.04 Å². The molecule has 0 bridgehead atoms. The Bertz CT molecular complexity index is 718. The van der Waals surface area contributed by atoms with Crippen molar-refractivity contribution >= 4 is 28.3 Å². The summed E-state index contributed by atoms with van der Waals surface area (Å²) in [5, 5.41) is 3.62. The summed E-state index contributed by atoms with van der Waals surface area (Å²) in [6.07, 6.45) is 1.93. The minimum atomic E-state index is 0.276. The lowest BCUT2D eigenvalue weighted by Gasteiger charge is -2.28. The average molecular weight is 424 g/mol. The van der Waals surface area contributed by atoms with Crippen LogP contribution in [0.4, 0.5) is 5.69 Å². The molecule has 0 spiro atoms. The molecule has 1 atom stereocenters. The third-order valence-electron chi connectivity index (χ3n) is 4.31. The zero-order chi connectivity index (χ0) is 16.4. The van der Waals surface area contributed by atoms with Crippen molar-refractivity contribution in [2.24, 2.45) is 0 Å². The van der Waals surface area contributed by atoms with Crippen LogP contribution < -0.4 is 20.5 Å². The monoisotopic (exact) mass is 424 g/mol. The number of methoxy groups -OCH3 is 2. The van der Waals surface area contributed by atoms with Gasteiger partial charge in [0.2, 0.25) is 0 Å². The summed E-state index contributed by atoms with van der Waals surface area (Å²) in [5.41, 5.74) is 10.6. The molecule has 0 aromatic heterocycles. The topological polar surface area (TPSA) is 56.5 Å². The fraction of sp³-hybridized carbons (Fsp3) is 0.333. The summed E-state index contributed by atoms with van der Waals surface area (Å²) < 4.78 is 12.0. The lowest BCUT2D eigenvalue weighted by atomic mass is 9.90. The molecule has 1 aliphatic heterocycles. The predicted octanol–water partition coefficient (Wildman–Crippen LogP) is 3.32. The Morgan fingerprint density at radius 1 is 1.17 bits per heavy atom. The minimum Gasteiger partial charge on any atom is -0.493 e. The normalized spacial score (nSPS) is 16.7. The average Bonchev–Trinajstić information content (AvgIpc) is 2.57. The van der Waals surface area contributed by atoms with Gasteiger partial charge in [0.1, 0.15) is 0 Å². The molecule has 1 aliphatic rings. The number of benzene rings is 2. The van der Waals surface area contributed by atoms with Gasteiger partial charge in [0.15, 0.2) is 11.5 Å². The van der Waals surface area contributed by atoms with Gasteiger partial charge < -0.3 is 20.5 Å². The van der Waals surface area contributed by atoms with E-state index >= 15 is 0 Å². The Balaban J connectivity index is 1.92. The van der Waals surface area contributed by atoms with Gasteiger partial charge in [-0.15, -0.1) is 0 Å². The number of fused-ring (bicyclic) bond motifs is 1. The second-order valence-corrected chi connectivity index (χ2v) is 6.88. The third kappa shape index (κ3) is 3.40. The second-order valence-electron chi connectivity index (χ2n) is 5.72. The quantitative estimate of drug-likeness (QED) is 0.584. The summed E-state index contributed by atoms with van der Waals surface area (Å²) in [4.78, 5) is 0. The fourth-order valence-electron chi connectivity index (χ4n) is 3.08. The van der Waals surface area contributed by atoms with Crippen LogP contribution in [0.1, 0.15) is 22.7 Å². The molecule has 0 saturated carbocycles. The van der Waals surface area contributed by atoms with Crippen LogP contribution in [-0.2, 0) is 12.8 Å². The number of ether oxygens (including phenoxy) is 2. The Kier molecular flexibility index (Phi) is 4.96. The highest BCUT2D eigenvalue weighted by Gasteiger charge is 2.23. The van der Waals surface area contributed by atoms with Crippen molar-refractivity contribution < 1.29 is 9.47 Å². The Labute approximate surface area is 150 Å². The van der Waals surface area contributed by atoms with Gasteiger partial charge in [0.25, 0.3) is 0 Å². The zero-order valence-corrected chi connectivity index (χ0v) is 15.5. The number of anilines is 1. The molecule has 0 aliphatic carbocycles. The summed E-state index contributed by atoms with van der Waals surface area (Å²) in [6, 6.07) is 10.7. The van der Waals surface area contributed by atoms with E-state index in [1.807, 2.05) is 6.07 Å². The predicted molar refractivity (Wildman–Crippen MR) is 101 cm³/mol. The van der Waals surface area contributed by atoms with Crippen molar-refractivity contribution in [1.82, 2.24) is 5.32 Å². The van der Waals surface area contributed by atoms with Crippen LogP contribution >= 0.6 is 22.6 Å². The summed E-state index contributed by atoms with van der Waals surface area (Å²) in [5.74, 6) is 1.58. The largest absolute Gasteiger partial charge is 0.493 e. The lowest BCUT2D eigenvalue weighted by molar-refractivity contribution is 0.352. The first-order valence-corrected chi connectivity index (χ1v) is 8.72. The molecule has 0 fully saturated rings. The van der Waals surface area contributed by atoms with Crippen LogP contribution in [0.15, 0.2) is 30.3 Å². The maximum absolute atomic E-state index is 5.91. The van der Waals surface area contributed by atoms with Crippen LogP contribution in [0.25, 0.3) is 0 Å². The van der Waals surface area contributed by atoms with Crippen molar-refractivity contribution in [2.45, 2.75) is 18.9 Å². The molecule has 1 heterocycles. The molecule has 1 unspecified atom stereocenters. The molecular weight excluding hydrogens is 403 g/mol. The van der Waals surface area contributed by atoms with Gasteiger partial charge >= 0.3 is 0 Å². The smallest absolute Gasteiger partial charge is 0.161 e. The van der Waals surface area contributed by atoms with E-state index in [1.165, 1.54) is 16.7 Å². The van der Waals surface area contributed by atoms with Gasteiger partial charge in [-0.05, 0) is 82.9 Å². The number of nitrogens with two attached hydrogens (primary N) is 1. The highest BCUT2D eigenvalue weighted by Crippen LogP contribution is 2.36. The number of rotatable bonds is 4. The minimum absolute atomic E-state index is 0.276. The number of hydrogen-bond acceptors (Lipinski definition) is 4. The van der Waals surface area contributed by atoms with Gasteiger partial charge in [-0.1, -0.05) is 6.07 Å². The Hall–Kier alpha value is -1.47. The summed E-state index contributed by atoms with van der Waals surface area (Å²) >= 11 is 2.28. The second kappa shape index (κ2) is 6.97. The third-order valence-corrected chi connectivity index (χ3v) is 5.24. The van der Waals surface area contributed by atoms with Crippen molar-refractivity contribution in [3.63, 3.8) is 0 Å². The molecule has 3 rings (SSSR count). The van der Waals surface area contributed by atoms with Gasteiger partial charge in [-0.25, -0.2) is 0 Å². The Morgan fingerprint density at radius 2 is 1.91 bits per heavy atom. The molecule has 4 nitrogen and oxygen atoms in total. The molecular formula is C18H21IN2O2. The van der Waals surface area contributed by atoms with E-state index < -0.39 is 0 Å². The molecule has 23 heavy (non-hydrogen) atoms. The van der Waals surface area contributed by atoms with Crippen LogP contribution in [0.3, 0.4) is 0 Å². The number of hydrogen-bond donors (Lipinski definition) is 2. The van der Waals surface area contributed by atoms with E-state index in [4.69, 9.17) is 15.2 Å². The van der Waals surface area contributed by atoms with E-state index in [0.717, 1.165) is 40.1 Å². The van der Waals surface area contributed by atoms with Crippen LogP contribution in [0.5, 0.6) is 11.5 Å². The van der Waals surface area contributed by atoms with Gasteiger partial charge in [0.05, 0.1) is 14.2 Å². The van der Waals surface area contributed by atoms with Crippen LogP contribution in [0, 0.1) is 3.57 Å². The van der Waals surface area contributed by atoms with E-state index in [1.54, 1.807) is 14.2 Å². The first kappa shape index (κ1) is 16.4. The summed E-state index contributed by atoms with van der Waals surface area (Å²) in [7, 11) is 3.36. The highest BCUT2D eigenvalue weighted by molar-refractivity contribution is 14.1. The lowest BCUT2D eigenvalue weighted by Crippen LogP contribution is -2.31. The van der Waals surface area contributed by atoms with E-state index in [0.29, 0.717) is 0 Å². The fourth-order valence-corrected chi connectivity index (χ4v) is 3.66. The van der Waals surface area contributed by atoms with Gasteiger partial charge in [0, 0.05) is 15.3 Å². The van der Waals surface area contributed by atoms with Crippen molar-refractivity contribution in [3.8, 4) is 11.5 Å². The van der Waals surface area contributed by atoms with Gasteiger partial charge in [-0.2, -0.15) is 0 Å². The summed E-state index contributed by atoms with van der Waals surface area (Å²) in [6.45, 7) is 0.971. The van der Waals surface area contributed by atoms with E-state index in [2.05, 4.69) is 52.2 Å². The maximum Gasteiger partial charge on any atom is 0.161 e. The number of nitrogen functional groups attached to an aromatic ring is 1. The van der Waals surface area contributed by atoms with Gasteiger partial charge in [-0.3, -0.25) is 0 Å². The molecule has 5 heteroatoms. The van der Waals surface area contributed by atoms with Crippen LogP contribution in [-0.4, -0.2) is 20.8 Å². The number of nitrogens with one attached hydrogen (secondary N) is 1. The van der Waals surface area contributed by atoms with Crippen molar-refractivity contribution in [1.29, 1.82) is 0 Å². The SMILES string of the molecule is COc1cc2c(cc1OC)C(Cc1ccc(N)c(I)c1)NCC2. The first-order chi connectivity index (χ1) is 11.1. The molecule has 0 saturated heterocycles.